The van der Waals surface area contributed by atoms with E-state index in [2.05, 4.69) is 25.9 Å². The summed E-state index contributed by atoms with van der Waals surface area (Å²) in [7, 11) is 5.09. The van der Waals surface area contributed by atoms with E-state index in [-0.39, 0.29) is 11.9 Å². The molecule has 0 radical (unpaired) electrons. The number of likely N-dealkylation sites (N-methyl/N-ethyl adjacent to an activating group) is 1. The van der Waals surface area contributed by atoms with Crippen LogP contribution in [0.3, 0.4) is 0 Å². The molecule has 1 atom stereocenters. The van der Waals surface area contributed by atoms with Gasteiger partial charge in [-0.25, -0.2) is 4.98 Å². The number of ether oxygens (including phenoxy) is 1. The first-order chi connectivity index (χ1) is 9.04. The third-order valence-electron chi connectivity index (χ3n) is 3.13. The fourth-order valence-corrected chi connectivity index (χ4v) is 2.54. The monoisotopic (exact) mass is 328 g/mol. The van der Waals surface area contributed by atoms with Gasteiger partial charge in [0.1, 0.15) is 6.04 Å². The standard InChI is InChI=1S/C12H17BrN4O2/c1-16(2)11(18)9-5-4-6-17(9)12-14-7-8(13)10(15-12)19-3/h7,9H,4-6H2,1-3H3. The molecule has 1 aliphatic rings. The summed E-state index contributed by atoms with van der Waals surface area (Å²) < 4.78 is 5.87. The lowest BCUT2D eigenvalue weighted by Crippen LogP contribution is -2.43. The Morgan fingerprint density at radius 1 is 1.58 bits per heavy atom. The smallest absolute Gasteiger partial charge is 0.244 e. The molecule has 7 heteroatoms. The molecule has 0 N–H and O–H groups in total. The number of aromatic nitrogens is 2. The van der Waals surface area contributed by atoms with Crippen molar-refractivity contribution in [3.8, 4) is 5.88 Å². The van der Waals surface area contributed by atoms with Gasteiger partial charge in [-0.3, -0.25) is 4.79 Å². The van der Waals surface area contributed by atoms with Crippen LogP contribution in [0, 0.1) is 0 Å². The number of carbonyl (C=O) groups is 1. The van der Waals surface area contributed by atoms with Gasteiger partial charge < -0.3 is 14.5 Å². The summed E-state index contributed by atoms with van der Waals surface area (Å²) in [5.41, 5.74) is 0. The quantitative estimate of drug-likeness (QED) is 0.837. The zero-order valence-electron chi connectivity index (χ0n) is 11.3. The lowest BCUT2D eigenvalue weighted by atomic mass is 10.2. The number of hydrogen-bond acceptors (Lipinski definition) is 5. The van der Waals surface area contributed by atoms with Gasteiger partial charge in [0, 0.05) is 20.6 Å². The highest BCUT2D eigenvalue weighted by molar-refractivity contribution is 9.10. The number of methoxy groups -OCH3 is 1. The lowest BCUT2D eigenvalue weighted by Gasteiger charge is -2.26. The highest BCUT2D eigenvalue weighted by atomic mass is 79.9. The molecule has 1 fully saturated rings. The average Bonchev–Trinajstić information content (AvgIpc) is 2.87. The molecule has 0 aromatic carbocycles. The Hall–Kier alpha value is -1.37. The highest BCUT2D eigenvalue weighted by Crippen LogP contribution is 2.28. The molecule has 2 rings (SSSR count). The van der Waals surface area contributed by atoms with Crippen LogP contribution in [0.5, 0.6) is 5.88 Å². The predicted molar refractivity (Wildman–Crippen MR) is 75.3 cm³/mol. The summed E-state index contributed by atoms with van der Waals surface area (Å²) in [5.74, 6) is 1.11. The number of rotatable bonds is 3. The van der Waals surface area contributed by atoms with Gasteiger partial charge in [-0.05, 0) is 28.8 Å². The van der Waals surface area contributed by atoms with Crippen molar-refractivity contribution in [2.45, 2.75) is 18.9 Å². The topological polar surface area (TPSA) is 58.6 Å². The Labute approximate surface area is 120 Å². The molecule has 1 amide bonds. The number of nitrogens with zero attached hydrogens (tertiary/aromatic N) is 4. The second-order valence-corrected chi connectivity index (χ2v) is 5.47. The van der Waals surface area contributed by atoms with Crippen molar-refractivity contribution in [3.05, 3.63) is 10.7 Å². The van der Waals surface area contributed by atoms with Crippen molar-refractivity contribution < 1.29 is 9.53 Å². The van der Waals surface area contributed by atoms with E-state index in [4.69, 9.17) is 4.74 Å². The molecule has 1 aromatic rings. The third-order valence-corrected chi connectivity index (χ3v) is 3.67. The summed E-state index contributed by atoms with van der Waals surface area (Å²) in [6.07, 6.45) is 3.45. The molecule has 0 spiro atoms. The fourth-order valence-electron chi connectivity index (χ4n) is 2.19. The van der Waals surface area contributed by atoms with Gasteiger partial charge in [-0.2, -0.15) is 4.98 Å². The fraction of sp³-hybridized carbons (Fsp3) is 0.583. The van der Waals surface area contributed by atoms with E-state index < -0.39 is 0 Å². The molecule has 1 saturated heterocycles. The van der Waals surface area contributed by atoms with Crippen LogP contribution in [0.25, 0.3) is 0 Å². The predicted octanol–water partition coefficient (Wildman–Crippen LogP) is 1.30. The van der Waals surface area contributed by atoms with Crippen LogP contribution in [0.2, 0.25) is 0 Å². The molecule has 1 aromatic heterocycles. The molecule has 0 aliphatic carbocycles. The van der Waals surface area contributed by atoms with Crippen LogP contribution in [0.4, 0.5) is 5.95 Å². The van der Waals surface area contributed by atoms with Crippen molar-refractivity contribution in [3.63, 3.8) is 0 Å². The van der Waals surface area contributed by atoms with Gasteiger partial charge in [-0.1, -0.05) is 0 Å². The lowest BCUT2D eigenvalue weighted by molar-refractivity contribution is -0.129. The maximum Gasteiger partial charge on any atom is 0.244 e. The van der Waals surface area contributed by atoms with Crippen molar-refractivity contribution >= 4 is 27.8 Å². The zero-order chi connectivity index (χ0) is 14.0. The van der Waals surface area contributed by atoms with Crippen LogP contribution >= 0.6 is 15.9 Å². The van der Waals surface area contributed by atoms with Crippen molar-refractivity contribution in [1.29, 1.82) is 0 Å². The van der Waals surface area contributed by atoms with Gasteiger partial charge in [0.25, 0.3) is 0 Å². The Morgan fingerprint density at radius 2 is 2.32 bits per heavy atom. The number of amides is 1. The maximum absolute atomic E-state index is 12.1. The van der Waals surface area contributed by atoms with E-state index in [0.29, 0.717) is 16.3 Å². The second-order valence-electron chi connectivity index (χ2n) is 4.61. The van der Waals surface area contributed by atoms with Gasteiger partial charge in [0.05, 0.1) is 17.8 Å². The molecule has 0 bridgehead atoms. The molecule has 6 nitrogen and oxygen atoms in total. The molecule has 1 aliphatic heterocycles. The largest absolute Gasteiger partial charge is 0.480 e. The molecule has 19 heavy (non-hydrogen) atoms. The van der Waals surface area contributed by atoms with Gasteiger partial charge >= 0.3 is 0 Å². The first-order valence-electron chi connectivity index (χ1n) is 6.09. The van der Waals surface area contributed by atoms with E-state index in [1.165, 1.54) is 0 Å². The summed E-state index contributed by atoms with van der Waals surface area (Å²) in [4.78, 5) is 24.3. The molecular weight excluding hydrogens is 312 g/mol. The van der Waals surface area contributed by atoms with Crippen molar-refractivity contribution in [2.24, 2.45) is 0 Å². The first kappa shape index (κ1) is 14.0. The number of hydrogen-bond donors (Lipinski definition) is 0. The summed E-state index contributed by atoms with van der Waals surface area (Å²) in [6, 6.07) is -0.180. The SMILES string of the molecule is COc1nc(N2CCCC2C(=O)N(C)C)ncc1Br. The Kier molecular flexibility index (Phi) is 4.24. The van der Waals surface area contributed by atoms with E-state index in [0.717, 1.165) is 19.4 Å². The molecule has 2 heterocycles. The zero-order valence-corrected chi connectivity index (χ0v) is 12.8. The van der Waals surface area contributed by atoms with Gasteiger partial charge in [-0.15, -0.1) is 0 Å². The van der Waals surface area contributed by atoms with Gasteiger partial charge in [0.2, 0.25) is 17.7 Å². The van der Waals surface area contributed by atoms with Crippen LogP contribution in [0.1, 0.15) is 12.8 Å². The third kappa shape index (κ3) is 2.80. The van der Waals surface area contributed by atoms with Crippen LogP contribution in [-0.2, 0) is 4.79 Å². The summed E-state index contributed by atoms with van der Waals surface area (Å²) in [6.45, 7) is 0.787. The maximum atomic E-state index is 12.1. The molecular formula is C12H17BrN4O2. The molecule has 1 unspecified atom stereocenters. The van der Waals surface area contributed by atoms with Crippen molar-refractivity contribution in [1.82, 2.24) is 14.9 Å². The van der Waals surface area contributed by atoms with E-state index in [9.17, 15) is 4.79 Å². The van der Waals surface area contributed by atoms with E-state index >= 15 is 0 Å². The minimum absolute atomic E-state index is 0.0861. The van der Waals surface area contributed by atoms with E-state index in [1.54, 1.807) is 32.3 Å². The normalized spacial score (nSPS) is 18.5. The number of anilines is 1. The minimum Gasteiger partial charge on any atom is -0.480 e. The summed E-state index contributed by atoms with van der Waals surface area (Å²) >= 11 is 3.32. The molecule has 104 valence electrons. The van der Waals surface area contributed by atoms with Gasteiger partial charge in [0.15, 0.2) is 0 Å². The number of halogens is 1. The minimum atomic E-state index is -0.180. The highest BCUT2D eigenvalue weighted by Gasteiger charge is 2.33. The van der Waals surface area contributed by atoms with Crippen molar-refractivity contribution in [2.75, 3.05) is 32.6 Å². The molecule has 0 saturated carbocycles. The Morgan fingerprint density at radius 3 is 2.95 bits per heavy atom. The first-order valence-corrected chi connectivity index (χ1v) is 6.88. The second kappa shape index (κ2) is 5.73. The van der Waals surface area contributed by atoms with Crippen LogP contribution in [0.15, 0.2) is 10.7 Å². The van der Waals surface area contributed by atoms with Crippen LogP contribution in [-0.4, -0.2) is 54.6 Å². The van der Waals surface area contributed by atoms with E-state index in [1.807, 2.05) is 4.90 Å². The number of carbonyl (C=O) groups excluding carboxylic acids is 1. The Bertz CT molecular complexity index is 481. The van der Waals surface area contributed by atoms with Crippen LogP contribution < -0.4 is 9.64 Å². The average molecular weight is 329 g/mol. The Balaban J connectivity index is 2.27. The summed E-state index contributed by atoms with van der Waals surface area (Å²) in [5, 5.41) is 0.